The molecule has 0 spiro atoms. The summed E-state index contributed by atoms with van der Waals surface area (Å²) in [5.41, 5.74) is 2.51. The van der Waals surface area contributed by atoms with E-state index in [0.717, 1.165) is 21.5 Å². The van der Waals surface area contributed by atoms with Crippen LogP contribution in [0.4, 0.5) is 28.8 Å². The molecule has 30 heavy (non-hydrogen) atoms. The number of para-hydroxylation sites is 1. The van der Waals surface area contributed by atoms with Crippen LogP contribution in [-0.2, 0) is 4.79 Å². The molecule has 2 aromatic carbocycles. The Morgan fingerprint density at radius 3 is 2.33 bits per heavy atom. The quantitative estimate of drug-likeness (QED) is 0.351. The summed E-state index contributed by atoms with van der Waals surface area (Å²) in [4.78, 5) is 20.8. The maximum atomic E-state index is 12.0. The number of rotatable bonds is 9. The normalized spacial score (nSPS) is 10.7. The highest BCUT2D eigenvalue weighted by Crippen LogP contribution is 2.25. The van der Waals surface area contributed by atoms with Gasteiger partial charge in [-0.3, -0.25) is 4.79 Å². The summed E-state index contributed by atoms with van der Waals surface area (Å²) < 4.78 is 0.766. The van der Waals surface area contributed by atoms with Crippen LogP contribution in [0.25, 0.3) is 0 Å². The summed E-state index contributed by atoms with van der Waals surface area (Å²) >= 11 is 3.47. The first-order valence-corrected chi connectivity index (χ1v) is 10.5. The van der Waals surface area contributed by atoms with Gasteiger partial charge in [0.15, 0.2) is 0 Å². The molecule has 1 heterocycles. The number of amides is 1. The van der Waals surface area contributed by atoms with Crippen molar-refractivity contribution >= 4 is 50.7 Å². The number of carbonyl (C=O) groups excluding carboxylic acids is 1. The van der Waals surface area contributed by atoms with E-state index in [-0.39, 0.29) is 5.91 Å². The Morgan fingerprint density at radius 1 is 0.967 bits per heavy atom. The molecule has 8 heteroatoms. The summed E-state index contributed by atoms with van der Waals surface area (Å²) in [6.45, 7) is 4.77. The molecule has 0 aliphatic rings. The summed E-state index contributed by atoms with van der Waals surface area (Å²) in [6.07, 6.45) is 2.13. The average molecular weight is 469 g/mol. The van der Waals surface area contributed by atoms with E-state index in [2.05, 4.69) is 61.0 Å². The van der Waals surface area contributed by atoms with Crippen LogP contribution in [0.2, 0.25) is 0 Å². The molecule has 7 nitrogen and oxygen atoms in total. The molecule has 0 saturated carbocycles. The Kier molecular flexibility index (Phi) is 7.75. The van der Waals surface area contributed by atoms with Crippen LogP contribution in [0.3, 0.4) is 0 Å². The van der Waals surface area contributed by atoms with Crippen molar-refractivity contribution in [3.63, 3.8) is 0 Å². The Bertz CT molecular complexity index is 963. The summed E-state index contributed by atoms with van der Waals surface area (Å²) in [7, 11) is 0. The Morgan fingerprint density at radius 2 is 1.63 bits per heavy atom. The lowest BCUT2D eigenvalue weighted by atomic mass is 10.2. The third kappa shape index (κ3) is 6.82. The van der Waals surface area contributed by atoms with Gasteiger partial charge < -0.3 is 21.3 Å². The van der Waals surface area contributed by atoms with Crippen LogP contribution in [0.15, 0.2) is 65.3 Å². The zero-order chi connectivity index (χ0) is 21.3. The Hall–Kier alpha value is -2.97. The fourth-order valence-electron chi connectivity index (χ4n) is 2.64. The van der Waals surface area contributed by atoms with E-state index < -0.39 is 0 Å². The van der Waals surface area contributed by atoms with Crippen LogP contribution in [0.5, 0.6) is 0 Å². The standard InChI is InChI=1S/C22H25BrN6O/c1-15(2)24-13-12-20(30)26-17-8-10-18(11-9-17)28-22-25-14-19(23)21(29-22)27-16-6-4-3-5-7-16/h3-11,14-15,24H,12-13H2,1-2H3,(H,26,30)(H2,25,27,28,29). The lowest BCUT2D eigenvalue weighted by Crippen LogP contribution is -2.27. The second-order valence-electron chi connectivity index (χ2n) is 6.99. The van der Waals surface area contributed by atoms with Crippen LogP contribution < -0.4 is 21.3 Å². The number of hydrogen-bond acceptors (Lipinski definition) is 6. The topological polar surface area (TPSA) is 91.0 Å². The van der Waals surface area contributed by atoms with Crippen molar-refractivity contribution in [1.29, 1.82) is 0 Å². The van der Waals surface area contributed by atoms with Crippen molar-refractivity contribution in [2.24, 2.45) is 0 Å². The molecule has 0 saturated heterocycles. The van der Waals surface area contributed by atoms with E-state index in [9.17, 15) is 4.79 Å². The van der Waals surface area contributed by atoms with Crippen LogP contribution in [-0.4, -0.2) is 28.5 Å². The molecule has 1 aromatic heterocycles. The van der Waals surface area contributed by atoms with Gasteiger partial charge in [0.1, 0.15) is 5.82 Å². The number of carbonyl (C=O) groups is 1. The first-order chi connectivity index (χ1) is 14.5. The van der Waals surface area contributed by atoms with Crippen molar-refractivity contribution in [2.75, 3.05) is 22.5 Å². The highest BCUT2D eigenvalue weighted by atomic mass is 79.9. The Labute approximate surface area is 184 Å². The molecule has 1 amide bonds. The van der Waals surface area contributed by atoms with Crippen molar-refractivity contribution < 1.29 is 4.79 Å². The zero-order valence-electron chi connectivity index (χ0n) is 16.9. The van der Waals surface area contributed by atoms with Crippen molar-refractivity contribution in [2.45, 2.75) is 26.3 Å². The number of nitrogens with zero attached hydrogens (tertiary/aromatic N) is 2. The fourth-order valence-corrected chi connectivity index (χ4v) is 2.93. The average Bonchev–Trinajstić information content (AvgIpc) is 2.72. The predicted molar refractivity (Wildman–Crippen MR) is 126 cm³/mol. The zero-order valence-corrected chi connectivity index (χ0v) is 18.5. The van der Waals surface area contributed by atoms with E-state index in [1.807, 2.05) is 54.6 Å². The van der Waals surface area contributed by atoms with E-state index in [4.69, 9.17) is 0 Å². The lowest BCUT2D eigenvalue weighted by molar-refractivity contribution is -0.116. The Balaban J connectivity index is 1.58. The maximum Gasteiger partial charge on any atom is 0.229 e. The third-order valence-corrected chi connectivity index (χ3v) is 4.69. The van der Waals surface area contributed by atoms with E-state index in [1.165, 1.54) is 0 Å². The molecule has 0 atom stereocenters. The smallest absolute Gasteiger partial charge is 0.229 e. The SMILES string of the molecule is CC(C)NCCC(=O)Nc1ccc(Nc2ncc(Br)c(Nc3ccccc3)n2)cc1. The molecule has 0 aliphatic heterocycles. The van der Waals surface area contributed by atoms with E-state index >= 15 is 0 Å². The molecule has 3 rings (SSSR count). The van der Waals surface area contributed by atoms with Gasteiger partial charge in [-0.1, -0.05) is 32.0 Å². The second kappa shape index (κ2) is 10.7. The first kappa shape index (κ1) is 21.7. The minimum atomic E-state index is -0.0169. The number of hydrogen-bond donors (Lipinski definition) is 4. The molecule has 0 fully saturated rings. The molecule has 4 N–H and O–H groups in total. The van der Waals surface area contributed by atoms with Crippen molar-refractivity contribution in [1.82, 2.24) is 15.3 Å². The van der Waals surface area contributed by atoms with Crippen LogP contribution in [0.1, 0.15) is 20.3 Å². The van der Waals surface area contributed by atoms with Gasteiger partial charge in [0.05, 0.1) is 4.47 Å². The number of aromatic nitrogens is 2. The molecular formula is C22H25BrN6O. The van der Waals surface area contributed by atoms with Gasteiger partial charge in [-0.05, 0) is 52.3 Å². The summed E-state index contributed by atoms with van der Waals surface area (Å²) in [5, 5.41) is 12.6. The number of halogens is 1. The van der Waals surface area contributed by atoms with Gasteiger partial charge in [-0.2, -0.15) is 4.98 Å². The van der Waals surface area contributed by atoms with Crippen molar-refractivity contribution in [3.8, 4) is 0 Å². The van der Waals surface area contributed by atoms with Gasteiger partial charge in [0.2, 0.25) is 11.9 Å². The van der Waals surface area contributed by atoms with Gasteiger partial charge in [0, 0.05) is 42.3 Å². The van der Waals surface area contributed by atoms with Crippen LogP contribution in [0, 0.1) is 0 Å². The second-order valence-corrected chi connectivity index (χ2v) is 7.84. The summed E-state index contributed by atoms with van der Waals surface area (Å²) in [6, 6.07) is 17.6. The minimum Gasteiger partial charge on any atom is -0.339 e. The predicted octanol–water partition coefficient (Wildman–Crippen LogP) is 5.05. The van der Waals surface area contributed by atoms with Crippen LogP contribution >= 0.6 is 15.9 Å². The van der Waals surface area contributed by atoms with E-state index in [1.54, 1.807) is 6.20 Å². The van der Waals surface area contributed by atoms with Gasteiger partial charge in [-0.15, -0.1) is 0 Å². The largest absolute Gasteiger partial charge is 0.339 e. The monoisotopic (exact) mass is 468 g/mol. The molecule has 0 aliphatic carbocycles. The van der Waals surface area contributed by atoms with E-state index in [0.29, 0.717) is 30.8 Å². The van der Waals surface area contributed by atoms with Gasteiger partial charge in [-0.25, -0.2) is 4.98 Å². The molecule has 0 radical (unpaired) electrons. The maximum absolute atomic E-state index is 12.0. The molecule has 3 aromatic rings. The molecule has 156 valence electrons. The number of nitrogens with one attached hydrogen (secondary N) is 4. The number of anilines is 5. The molecule has 0 unspecified atom stereocenters. The van der Waals surface area contributed by atoms with Crippen molar-refractivity contribution in [3.05, 3.63) is 65.3 Å². The fraction of sp³-hybridized carbons (Fsp3) is 0.227. The highest BCUT2D eigenvalue weighted by molar-refractivity contribution is 9.10. The number of benzene rings is 2. The lowest BCUT2D eigenvalue weighted by Gasteiger charge is -2.11. The third-order valence-electron chi connectivity index (χ3n) is 4.11. The van der Waals surface area contributed by atoms with Gasteiger partial charge >= 0.3 is 0 Å². The molecule has 0 bridgehead atoms. The van der Waals surface area contributed by atoms with Gasteiger partial charge in [0.25, 0.3) is 0 Å². The first-order valence-electron chi connectivity index (χ1n) is 9.74. The molecular weight excluding hydrogens is 444 g/mol. The minimum absolute atomic E-state index is 0.0169. The summed E-state index contributed by atoms with van der Waals surface area (Å²) in [5.74, 6) is 1.11. The highest BCUT2D eigenvalue weighted by Gasteiger charge is 2.07.